The van der Waals surface area contributed by atoms with E-state index >= 15 is 0 Å². The third kappa shape index (κ3) is 5.74. The van der Waals surface area contributed by atoms with Crippen LogP contribution in [0.3, 0.4) is 0 Å². The number of hydrogen-bond donors (Lipinski definition) is 1. The Bertz CT molecular complexity index is 599. The minimum Gasteiger partial charge on any atom is -0.492 e. The van der Waals surface area contributed by atoms with Gasteiger partial charge in [-0.05, 0) is 37.5 Å². The molecule has 0 aliphatic heterocycles. The third-order valence-corrected chi connectivity index (χ3v) is 3.87. The molecule has 0 bridgehead atoms. The lowest BCUT2D eigenvalue weighted by atomic mass is 9.99. The average molecular weight is 351 g/mol. The van der Waals surface area contributed by atoms with Crippen LogP contribution in [-0.4, -0.2) is 38.3 Å². The molecule has 0 spiro atoms. The highest BCUT2D eigenvalue weighted by molar-refractivity contribution is 5.99. The summed E-state index contributed by atoms with van der Waals surface area (Å²) in [6.45, 7) is 8.25. The molecule has 1 amide bonds. The minimum atomic E-state index is -0.924. The van der Waals surface area contributed by atoms with Crippen LogP contribution in [0.5, 0.6) is 5.75 Å². The maximum absolute atomic E-state index is 12.5. The molecule has 1 unspecified atom stereocenters. The average Bonchev–Trinajstić information content (AvgIpc) is 2.59. The Morgan fingerprint density at radius 3 is 2.44 bits per heavy atom. The topological polar surface area (TPSA) is 73.9 Å². The number of amides is 1. The monoisotopic (exact) mass is 351 g/mol. The molecule has 0 saturated heterocycles. The van der Waals surface area contributed by atoms with Crippen LogP contribution in [0.4, 0.5) is 5.69 Å². The van der Waals surface area contributed by atoms with Crippen molar-refractivity contribution in [1.29, 1.82) is 0 Å². The maximum atomic E-state index is 12.5. The first-order chi connectivity index (χ1) is 11.8. The number of anilines is 1. The molecular formula is C19H29NO5. The molecule has 0 saturated carbocycles. The Morgan fingerprint density at radius 1 is 1.24 bits per heavy atom. The highest BCUT2D eigenvalue weighted by Crippen LogP contribution is 2.26. The van der Waals surface area contributed by atoms with Gasteiger partial charge in [0.25, 0.3) is 5.91 Å². The number of ether oxygens (including phenoxy) is 3. The van der Waals surface area contributed by atoms with Crippen LogP contribution >= 0.6 is 0 Å². The fraction of sp³-hybridized carbons (Fsp3) is 0.579. The van der Waals surface area contributed by atoms with E-state index in [0.29, 0.717) is 30.4 Å². The smallest absolute Gasteiger partial charge is 0.341 e. The number of benzene rings is 1. The zero-order valence-corrected chi connectivity index (χ0v) is 16.0. The van der Waals surface area contributed by atoms with Gasteiger partial charge in [-0.15, -0.1) is 0 Å². The van der Waals surface area contributed by atoms with E-state index < -0.39 is 11.6 Å². The van der Waals surface area contributed by atoms with Gasteiger partial charge in [0, 0.05) is 12.8 Å². The first-order valence-electron chi connectivity index (χ1n) is 8.49. The molecule has 6 heteroatoms. The summed E-state index contributed by atoms with van der Waals surface area (Å²) < 4.78 is 15.9. The van der Waals surface area contributed by atoms with Gasteiger partial charge in [-0.3, -0.25) is 4.79 Å². The van der Waals surface area contributed by atoms with Crippen molar-refractivity contribution in [2.75, 3.05) is 26.1 Å². The molecule has 6 nitrogen and oxygen atoms in total. The van der Waals surface area contributed by atoms with Crippen molar-refractivity contribution < 1.29 is 23.8 Å². The van der Waals surface area contributed by atoms with Crippen molar-refractivity contribution in [1.82, 2.24) is 0 Å². The lowest BCUT2D eigenvalue weighted by molar-refractivity contribution is -0.136. The van der Waals surface area contributed by atoms with E-state index in [0.717, 1.165) is 6.42 Å². The van der Waals surface area contributed by atoms with Gasteiger partial charge in [0.15, 0.2) is 0 Å². The van der Waals surface area contributed by atoms with Gasteiger partial charge in [0.05, 0.1) is 13.7 Å². The van der Waals surface area contributed by atoms with Gasteiger partial charge < -0.3 is 19.5 Å². The van der Waals surface area contributed by atoms with Gasteiger partial charge in [0.2, 0.25) is 0 Å². The van der Waals surface area contributed by atoms with Crippen LogP contribution < -0.4 is 10.1 Å². The molecular weight excluding hydrogens is 322 g/mol. The van der Waals surface area contributed by atoms with E-state index in [9.17, 15) is 9.59 Å². The molecule has 1 N–H and O–H groups in total. The van der Waals surface area contributed by atoms with Crippen molar-refractivity contribution >= 4 is 17.6 Å². The summed E-state index contributed by atoms with van der Waals surface area (Å²) in [6, 6.07) is 4.91. The van der Waals surface area contributed by atoms with Gasteiger partial charge in [-0.1, -0.05) is 27.2 Å². The number of methoxy groups -OCH3 is 2. The lowest BCUT2D eigenvalue weighted by Gasteiger charge is -2.26. The number of esters is 1. The minimum absolute atomic E-state index is 0.261. The normalized spacial score (nSPS) is 13.2. The summed E-state index contributed by atoms with van der Waals surface area (Å²) >= 11 is 0. The molecule has 0 aliphatic rings. The standard InChI is InChI=1S/C19H29NO5/c1-7-10-19(4,24-6)18(22)20-14-8-9-16(25-12-13(2)3)15(11-14)17(21)23-5/h8-9,11,13H,7,10,12H2,1-6H3,(H,20,22). The second-order valence-corrected chi connectivity index (χ2v) is 6.55. The first-order valence-corrected chi connectivity index (χ1v) is 8.49. The van der Waals surface area contributed by atoms with Gasteiger partial charge in [-0.25, -0.2) is 4.79 Å². The van der Waals surface area contributed by atoms with Gasteiger partial charge in [0.1, 0.15) is 16.9 Å². The van der Waals surface area contributed by atoms with E-state index in [1.54, 1.807) is 25.1 Å². The van der Waals surface area contributed by atoms with Gasteiger partial charge >= 0.3 is 5.97 Å². The largest absolute Gasteiger partial charge is 0.492 e. The van der Waals surface area contributed by atoms with Crippen LogP contribution in [0.25, 0.3) is 0 Å². The van der Waals surface area contributed by atoms with Crippen molar-refractivity contribution in [2.24, 2.45) is 5.92 Å². The molecule has 0 aliphatic carbocycles. The van der Waals surface area contributed by atoms with E-state index in [-0.39, 0.29) is 11.5 Å². The fourth-order valence-electron chi connectivity index (χ4n) is 2.31. The van der Waals surface area contributed by atoms with Crippen LogP contribution in [0.15, 0.2) is 18.2 Å². The molecule has 0 heterocycles. The van der Waals surface area contributed by atoms with Crippen molar-refractivity contribution in [3.05, 3.63) is 23.8 Å². The van der Waals surface area contributed by atoms with E-state index in [1.165, 1.54) is 14.2 Å². The maximum Gasteiger partial charge on any atom is 0.341 e. The summed E-state index contributed by atoms with van der Waals surface area (Å²) in [5, 5.41) is 2.80. The Morgan fingerprint density at radius 2 is 1.92 bits per heavy atom. The number of carbonyl (C=O) groups is 2. The van der Waals surface area contributed by atoms with Crippen LogP contribution in [0.2, 0.25) is 0 Å². The fourth-order valence-corrected chi connectivity index (χ4v) is 2.31. The number of carbonyl (C=O) groups excluding carboxylic acids is 2. The SMILES string of the molecule is CCCC(C)(OC)C(=O)Nc1ccc(OCC(C)C)c(C(=O)OC)c1. The quantitative estimate of drug-likeness (QED) is 0.688. The molecule has 1 atom stereocenters. The van der Waals surface area contributed by atoms with E-state index in [4.69, 9.17) is 14.2 Å². The van der Waals surface area contributed by atoms with Crippen molar-refractivity contribution in [3.8, 4) is 5.75 Å². The summed E-state index contributed by atoms with van der Waals surface area (Å²) in [5.41, 5.74) is -0.162. The second kappa shape index (κ2) is 9.42. The van der Waals surface area contributed by atoms with Crippen molar-refractivity contribution in [3.63, 3.8) is 0 Å². The third-order valence-electron chi connectivity index (χ3n) is 3.87. The Balaban J connectivity index is 3.05. The van der Waals surface area contributed by atoms with E-state index in [1.807, 2.05) is 20.8 Å². The molecule has 140 valence electrons. The van der Waals surface area contributed by atoms with Gasteiger partial charge in [-0.2, -0.15) is 0 Å². The van der Waals surface area contributed by atoms with Crippen LogP contribution in [0, 0.1) is 5.92 Å². The first kappa shape index (κ1) is 21.0. The van der Waals surface area contributed by atoms with Crippen LogP contribution in [-0.2, 0) is 14.3 Å². The predicted molar refractivity (Wildman–Crippen MR) is 97.1 cm³/mol. The highest BCUT2D eigenvalue weighted by atomic mass is 16.5. The summed E-state index contributed by atoms with van der Waals surface area (Å²) in [6.07, 6.45) is 1.40. The summed E-state index contributed by atoms with van der Waals surface area (Å²) in [7, 11) is 2.82. The highest BCUT2D eigenvalue weighted by Gasteiger charge is 2.32. The van der Waals surface area contributed by atoms with E-state index in [2.05, 4.69) is 5.32 Å². The number of nitrogens with one attached hydrogen (secondary N) is 1. The van der Waals surface area contributed by atoms with Crippen molar-refractivity contribution in [2.45, 2.75) is 46.1 Å². The summed E-state index contributed by atoms with van der Waals surface area (Å²) in [5.74, 6) is -0.0237. The molecule has 1 rings (SSSR count). The predicted octanol–water partition coefficient (Wildman–Crippen LogP) is 3.65. The zero-order valence-electron chi connectivity index (χ0n) is 16.0. The number of rotatable bonds is 9. The molecule has 1 aromatic rings. The Hall–Kier alpha value is -2.08. The molecule has 0 fully saturated rings. The Labute approximate surface area is 149 Å². The van der Waals surface area contributed by atoms with Crippen LogP contribution in [0.1, 0.15) is 50.9 Å². The second-order valence-electron chi connectivity index (χ2n) is 6.55. The summed E-state index contributed by atoms with van der Waals surface area (Å²) in [4.78, 5) is 24.6. The zero-order chi connectivity index (χ0) is 19.0. The molecule has 0 radical (unpaired) electrons. The molecule has 1 aromatic carbocycles. The molecule has 25 heavy (non-hydrogen) atoms. The lowest BCUT2D eigenvalue weighted by Crippen LogP contribution is -2.41. The Kier molecular flexibility index (Phi) is 7.90. The molecule has 0 aromatic heterocycles. The number of hydrogen-bond acceptors (Lipinski definition) is 5.